The van der Waals surface area contributed by atoms with Crippen LogP contribution in [0, 0.1) is 24.2 Å². The predicted molar refractivity (Wildman–Crippen MR) is 136 cm³/mol. The van der Waals surface area contributed by atoms with E-state index in [4.69, 9.17) is 4.74 Å². The monoisotopic (exact) mass is 491 g/mol. The normalized spacial score (nSPS) is 33.4. The summed E-state index contributed by atoms with van der Waals surface area (Å²) in [5.41, 5.74) is -0.434. The van der Waals surface area contributed by atoms with Gasteiger partial charge in [0, 0.05) is 17.7 Å². The van der Waals surface area contributed by atoms with Crippen molar-refractivity contribution in [2.75, 3.05) is 0 Å². The molecule has 0 amide bonds. The van der Waals surface area contributed by atoms with Crippen LogP contribution in [-0.4, -0.2) is 44.8 Å². The number of aliphatic hydroxyl groups is 2. The maximum absolute atomic E-state index is 13.2. The molecule has 7 heteroatoms. The van der Waals surface area contributed by atoms with Crippen molar-refractivity contribution >= 4 is 29.2 Å². The number of nitrogens with zero attached hydrogens (tertiary/aromatic N) is 1. The molecular weight excluding hydrogens is 450 g/mol. The van der Waals surface area contributed by atoms with Crippen LogP contribution in [0.25, 0.3) is 6.08 Å². The molecule has 1 aromatic heterocycles. The Kier molecular flexibility index (Phi) is 9.80. The minimum Gasteiger partial charge on any atom is -0.454 e. The molecule has 0 aliphatic carbocycles. The number of hydrogen-bond donors (Lipinski definition) is 2. The van der Waals surface area contributed by atoms with Crippen LogP contribution >= 0.6 is 11.3 Å². The highest BCUT2D eigenvalue weighted by Gasteiger charge is 2.43. The summed E-state index contributed by atoms with van der Waals surface area (Å²) in [7, 11) is 0. The van der Waals surface area contributed by atoms with Crippen LogP contribution in [0.2, 0.25) is 0 Å². The molecule has 2 N–H and O–H groups in total. The fourth-order valence-electron chi connectivity index (χ4n) is 4.36. The van der Waals surface area contributed by atoms with Crippen LogP contribution in [0.1, 0.15) is 84.3 Å². The Morgan fingerprint density at radius 2 is 1.88 bits per heavy atom. The Labute approximate surface area is 208 Å². The van der Waals surface area contributed by atoms with Gasteiger partial charge in [-0.2, -0.15) is 0 Å². The number of aryl methyl sites for hydroxylation is 1. The molecule has 0 aromatic carbocycles. The quantitative estimate of drug-likeness (QED) is 0.432. The molecule has 0 bridgehead atoms. The second-order valence-electron chi connectivity index (χ2n) is 10.5. The number of allylic oxidation sites excluding steroid dienone is 1. The number of hydrogen-bond acceptors (Lipinski definition) is 7. The lowest BCUT2D eigenvalue weighted by Crippen LogP contribution is -2.46. The molecule has 0 saturated heterocycles. The summed E-state index contributed by atoms with van der Waals surface area (Å²) in [6.45, 7) is 12.6. The van der Waals surface area contributed by atoms with Gasteiger partial charge >= 0.3 is 5.97 Å². The van der Waals surface area contributed by atoms with E-state index in [9.17, 15) is 19.8 Å². The first-order valence-electron chi connectivity index (χ1n) is 12.2. The Hall–Kier alpha value is -1.83. The van der Waals surface area contributed by atoms with Crippen LogP contribution in [0.4, 0.5) is 0 Å². The highest BCUT2D eigenvalue weighted by atomic mass is 32.1. The molecule has 0 fully saturated rings. The van der Waals surface area contributed by atoms with E-state index in [0.717, 1.165) is 35.5 Å². The van der Waals surface area contributed by atoms with Gasteiger partial charge in [-0.1, -0.05) is 39.8 Å². The molecule has 2 heterocycles. The largest absolute Gasteiger partial charge is 0.454 e. The van der Waals surface area contributed by atoms with Gasteiger partial charge in [0.25, 0.3) is 0 Å². The van der Waals surface area contributed by atoms with Gasteiger partial charge in [0.1, 0.15) is 11.4 Å². The number of carbonyl (C=O) groups is 2. The van der Waals surface area contributed by atoms with Gasteiger partial charge in [0.05, 0.1) is 34.7 Å². The van der Waals surface area contributed by atoms with Crippen LogP contribution < -0.4 is 0 Å². The Bertz CT molecular complexity index is 918. The summed E-state index contributed by atoms with van der Waals surface area (Å²) in [5.74, 6) is -1.51. The Balaban J connectivity index is 2.35. The number of thiazole rings is 1. The van der Waals surface area contributed by atoms with E-state index in [1.807, 2.05) is 45.2 Å². The summed E-state index contributed by atoms with van der Waals surface area (Å²) in [6.07, 6.45) is 6.69. The lowest BCUT2D eigenvalue weighted by atomic mass is 9.73. The van der Waals surface area contributed by atoms with Gasteiger partial charge in [-0.25, -0.2) is 4.98 Å². The summed E-state index contributed by atoms with van der Waals surface area (Å²) < 4.78 is 5.94. The van der Waals surface area contributed by atoms with Crippen molar-refractivity contribution in [2.45, 2.75) is 98.4 Å². The molecule has 0 radical (unpaired) electrons. The first-order valence-corrected chi connectivity index (χ1v) is 13.0. The third kappa shape index (κ3) is 7.09. The van der Waals surface area contributed by atoms with Crippen LogP contribution in [0.3, 0.4) is 0 Å². The number of aromatic nitrogens is 1. The number of rotatable bonds is 2. The average Bonchev–Trinajstić information content (AvgIpc) is 3.17. The molecule has 5 atom stereocenters. The average molecular weight is 492 g/mol. The van der Waals surface area contributed by atoms with Crippen molar-refractivity contribution in [3.8, 4) is 0 Å². The number of aliphatic hydroxyl groups excluding tert-OH is 2. The highest BCUT2D eigenvalue weighted by Crippen LogP contribution is 2.34. The summed E-state index contributed by atoms with van der Waals surface area (Å²) in [6, 6.07) is 0. The minimum absolute atomic E-state index is 0.0461. The van der Waals surface area contributed by atoms with E-state index in [-0.39, 0.29) is 18.1 Å². The van der Waals surface area contributed by atoms with E-state index in [1.165, 1.54) is 0 Å². The topological polar surface area (TPSA) is 96.7 Å². The molecular formula is C27H41NO5S. The zero-order valence-corrected chi connectivity index (χ0v) is 22.4. The third-order valence-electron chi connectivity index (χ3n) is 7.22. The van der Waals surface area contributed by atoms with Gasteiger partial charge in [0.2, 0.25) is 0 Å². The number of Topliss-reactive ketones (excluding diaryl/α,β-unsaturated/α-hetero) is 1. The first-order chi connectivity index (χ1) is 15.8. The minimum atomic E-state index is -1.23. The molecule has 0 spiro atoms. The van der Waals surface area contributed by atoms with E-state index in [2.05, 4.69) is 11.1 Å². The molecule has 190 valence electrons. The second-order valence-corrected chi connectivity index (χ2v) is 11.6. The summed E-state index contributed by atoms with van der Waals surface area (Å²) in [5, 5.41) is 24.5. The van der Waals surface area contributed by atoms with Crippen LogP contribution in [0.15, 0.2) is 23.1 Å². The summed E-state index contributed by atoms with van der Waals surface area (Å²) in [4.78, 5) is 30.6. The molecule has 34 heavy (non-hydrogen) atoms. The number of cyclic esters (lactones) is 1. The third-order valence-corrected chi connectivity index (χ3v) is 8.01. The molecule has 0 unspecified atom stereocenters. The van der Waals surface area contributed by atoms with Crippen molar-refractivity contribution in [3.63, 3.8) is 0 Å². The van der Waals surface area contributed by atoms with Crippen molar-refractivity contribution in [1.82, 2.24) is 4.98 Å². The van der Waals surface area contributed by atoms with E-state index in [1.54, 1.807) is 32.1 Å². The van der Waals surface area contributed by atoms with Crippen LogP contribution in [-0.2, 0) is 14.3 Å². The van der Waals surface area contributed by atoms with E-state index >= 15 is 0 Å². The maximum Gasteiger partial charge on any atom is 0.309 e. The van der Waals surface area contributed by atoms with Crippen LogP contribution in [0.5, 0.6) is 0 Å². The SMILES string of the molecule is C/C(=C\c1csc(C)n1)[C@]1(C)C/C=C\CCC[C@H](C)[C@H](O)[C@@H](C)C(=O)C(C)(C)[C@@H](O)CC(=O)O1. The van der Waals surface area contributed by atoms with Crippen molar-refractivity contribution in [1.29, 1.82) is 0 Å². The lowest BCUT2D eigenvalue weighted by molar-refractivity contribution is -0.160. The van der Waals surface area contributed by atoms with Gasteiger partial charge < -0.3 is 14.9 Å². The fraction of sp³-hybridized carbons (Fsp3) is 0.667. The Morgan fingerprint density at radius 1 is 1.21 bits per heavy atom. The molecule has 6 nitrogen and oxygen atoms in total. The van der Waals surface area contributed by atoms with Gasteiger partial charge in [-0.3, -0.25) is 9.59 Å². The van der Waals surface area contributed by atoms with E-state index < -0.39 is 35.1 Å². The second kappa shape index (κ2) is 11.7. The summed E-state index contributed by atoms with van der Waals surface area (Å²) >= 11 is 1.56. The zero-order valence-electron chi connectivity index (χ0n) is 21.6. The predicted octanol–water partition coefficient (Wildman–Crippen LogP) is 5.27. The number of esters is 1. The van der Waals surface area contributed by atoms with Crippen molar-refractivity contribution < 1.29 is 24.5 Å². The molecule has 1 aliphatic heterocycles. The molecule has 0 saturated carbocycles. The number of ether oxygens (including phenoxy) is 1. The smallest absolute Gasteiger partial charge is 0.309 e. The number of ketones is 1. The molecule has 2 rings (SSSR count). The van der Waals surface area contributed by atoms with Crippen molar-refractivity contribution in [3.05, 3.63) is 33.8 Å². The zero-order chi connectivity index (χ0) is 25.7. The maximum atomic E-state index is 13.2. The van der Waals surface area contributed by atoms with E-state index in [0.29, 0.717) is 6.42 Å². The molecule has 1 aromatic rings. The number of carbonyl (C=O) groups excluding carboxylic acids is 2. The first kappa shape index (κ1) is 28.4. The lowest BCUT2D eigenvalue weighted by Gasteiger charge is -2.35. The highest BCUT2D eigenvalue weighted by molar-refractivity contribution is 7.09. The fourth-order valence-corrected chi connectivity index (χ4v) is 4.93. The molecule has 1 aliphatic rings. The van der Waals surface area contributed by atoms with Gasteiger partial charge in [0.15, 0.2) is 0 Å². The van der Waals surface area contributed by atoms with Gasteiger partial charge in [-0.05, 0) is 57.6 Å². The standard InChI is InChI=1S/C27H41NO5S/c1-17-12-10-8-9-11-13-27(7,18(2)14-21-16-34-20(4)28-21)33-23(30)15-22(29)26(5,6)25(32)19(3)24(17)31/h9,11,14,16-17,19,22,24,29,31H,8,10,12-13,15H2,1-7H3/b11-9-,18-14+/t17-,19+,22-,24-,27-/m0/s1. The van der Waals surface area contributed by atoms with Gasteiger partial charge in [-0.15, -0.1) is 11.3 Å². The Morgan fingerprint density at radius 3 is 2.50 bits per heavy atom. The van der Waals surface area contributed by atoms with Crippen molar-refractivity contribution in [2.24, 2.45) is 17.3 Å².